The van der Waals surface area contributed by atoms with Gasteiger partial charge in [0.05, 0.1) is 19.7 Å². The van der Waals surface area contributed by atoms with Crippen molar-refractivity contribution < 1.29 is 14.3 Å². The highest BCUT2D eigenvalue weighted by atomic mass is 35.5. The Morgan fingerprint density at radius 3 is 2.60 bits per heavy atom. The summed E-state index contributed by atoms with van der Waals surface area (Å²) in [6.07, 6.45) is 1.29. The molecule has 1 aromatic carbocycles. The Hall–Kier alpha value is -2.48. The third kappa shape index (κ3) is 7.40. The third-order valence-electron chi connectivity index (χ3n) is 4.91. The number of piperidine rings is 1. The van der Waals surface area contributed by atoms with Gasteiger partial charge in [0.2, 0.25) is 5.91 Å². The molecule has 0 radical (unpaired) electrons. The van der Waals surface area contributed by atoms with Crippen LogP contribution in [0.25, 0.3) is 0 Å². The standard InChI is InChI=1S/C21H32ClN5O3/c1-5-30-21(29)27-10-8-17(9-11-27)25-20(24-14-19(28)26(3)4)23-13-16-6-7-18(22)15(2)12-16/h6-7,12,17H,5,8-11,13-14H2,1-4H3,(H2,23,24,25). The van der Waals surface area contributed by atoms with Gasteiger partial charge >= 0.3 is 6.09 Å². The lowest BCUT2D eigenvalue weighted by molar-refractivity contribution is -0.127. The van der Waals surface area contributed by atoms with Crippen molar-refractivity contribution in [2.45, 2.75) is 39.3 Å². The summed E-state index contributed by atoms with van der Waals surface area (Å²) in [6, 6.07) is 5.97. The van der Waals surface area contributed by atoms with Gasteiger partial charge in [-0.15, -0.1) is 0 Å². The Bertz CT molecular complexity index is 761. The quantitative estimate of drug-likeness (QED) is 0.527. The number of aryl methyl sites for hydroxylation is 1. The lowest BCUT2D eigenvalue weighted by Gasteiger charge is -2.32. The maximum absolute atomic E-state index is 12.0. The van der Waals surface area contributed by atoms with Crippen molar-refractivity contribution in [3.05, 3.63) is 34.3 Å². The summed E-state index contributed by atoms with van der Waals surface area (Å²) in [7, 11) is 3.44. The number of halogens is 1. The molecular weight excluding hydrogens is 406 g/mol. The number of benzene rings is 1. The van der Waals surface area contributed by atoms with E-state index >= 15 is 0 Å². The molecule has 1 aromatic rings. The fraction of sp³-hybridized carbons (Fsp3) is 0.571. The Morgan fingerprint density at radius 2 is 2.00 bits per heavy atom. The van der Waals surface area contributed by atoms with Crippen molar-refractivity contribution in [3.8, 4) is 0 Å². The van der Waals surface area contributed by atoms with Gasteiger partial charge in [0.1, 0.15) is 0 Å². The minimum Gasteiger partial charge on any atom is -0.450 e. The van der Waals surface area contributed by atoms with E-state index in [1.54, 1.807) is 25.9 Å². The van der Waals surface area contributed by atoms with Crippen LogP contribution in [-0.4, -0.2) is 74.1 Å². The van der Waals surface area contributed by atoms with E-state index in [4.69, 9.17) is 16.3 Å². The second-order valence-electron chi connectivity index (χ2n) is 7.49. The van der Waals surface area contributed by atoms with Gasteiger partial charge in [-0.2, -0.15) is 0 Å². The van der Waals surface area contributed by atoms with Crippen LogP contribution in [0.3, 0.4) is 0 Å². The minimum absolute atomic E-state index is 0.0380. The number of likely N-dealkylation sites (N-methyl/N-ethyl adjacent to an activating group) is 1. The van der Waals surface area contributed by atoms with E-state index in [9.17, 15) is 9.59 Å². The first-order chi connectivity index (χ1) is 14.3. The summed E-state index contributed by atoms with van der Waals surface area (Å²) in [5, 5.41) is 7.24. The summed E-state index contributed by atoms with van der Waals surface area (Å²) in [4.78, 5) is 31.8. The van der Waals surface area contributed by atoms with Crippen molar-refractivity contribution >= 4 is 29.6 Å². The van der Waals surface area contributed by atoms with Crippen LogP contribution in [0.5, 0.6) is 0 Å². The molecule has 0 unspecified atom stereocenters. The Kier molecular flexibility index (Phi) is 9.23. The molecule has 0 saturated carbocycles. The van der Waals surface area contributed by atoms with E-state index in [0.717, 1.165) is 29.0 Å². The van der Waals surface area contributed by atoms with Crippen LogP contribution in [0.2, 0.25) is 5.02 Å². The number of guanidine groups is 1. The molecule has 1 saturated heterocycles. The molecule has 0 aromatic heterocycles. The van der Waals surface area contributed by atoms with Crippen molar-refractivity contribution in [1.82, 2.24) is 20.4 Å². The number of hydrogen-bond acceptors (Lipinski definition) is 4. The van der Waals surface area contributed by atoms with Gasteiger partial charge in [0.25, 0.3) is 0 Å². The smallest absolute Gasteiger partial charge is 0.409 e. The number of carbonyl (C=O) groups excluding carboxylic acids is 2. The summed E-state index contributed by atoms with van der Waals surface area (Å²) in [5.74, 6) is 0.538. The summed E-state index contributed by atoms with van der Waals surface area (Å²) in [6.45, 7) is 6.00. The van der Waals surface area contributed by atoms with Crippen LogP contribution >= 0.6 is 11.6 Å². The van der Waals surface area contributed by atoms with Gasteiger partial charge in [-0.05, 0) is 43.9 Å². The average Bonchev–Trinajstić information content (AvgIpc) is 2.72. The zero-order chi connectivity index (χ0) is 22.1. The molecule has 0 bridgehead atoms. The topological polar surface area (TPSA) is 86.3 Å². The maximum atomic E-state index is 12.0. The molecule has 0 atom stereocenters. The molecule has 166 valence electrons. The molecule has 2 amide bonds. The van der Waals surface area contributed by atoms with E-state index in [1.807, 2.05) is 25.1 Å². The van der Waals surface area contributed by atoms with Crippen LogP contribution in [0.15, 0.2) is 23.2 Å². The normalized spacial score (nSPS) is 15.0. The van der Waals surface area contributed by atoms with Gasteiger partial charge in [-0.25, -0.2) is 9.79 Å². The number of likely N-dealkylation sites (tertiary alicyclic amines) is 1. The molecular formula is C21H32ClN5O3. The lowest BCUT2D eigenvalue weighted by Crippen LogP contribution is -2.51. The van der Waals surface area contributed by atoms with Crippen molar-refractivity contribution in [2.24, 2.45) is 4.99 Å². The molecule has 0 aliphatic carbocycles. The highest BCUT2D eigenvalue weighted by Gasteiger charge is 2.24. The summed E-state index contributed by atoms with van der Waals surface area (Å²) in [5.41, 5.74) is 2.04. The third-order valence-corrected chi connectivity index (χ3v) is 5.33. The second-order valence-corrected chi connectivity index (χ2v) is 7.90. The minimum atomic E-state index is -0.266. The fourth-order valence-corrected chi connectivity index (χ4v) is 3.18. The number of aliphatic imine (C=N–C) groups is 1. The van der Waals surface area contributed by atoms with Crippen LogP contribution in [0.1, 0.15) is 30.9 Å². The van der Waals surface area contributed by atoms with E-state index in [2.05, 4.69) is 15.6 Å². The molecule has 2 rings (SSSR count). The van der Waals surface area contributed by atoms with E-state index in [0.29, 0.717) is 32.2 Å². The molecule has 2 N–H and O–H groups in total. The van der Waals surface area contributed by atoms with Gasteiger partial charge in [0, 0.05) is 38.2 Å². The Labute approximate surface area is 183 Å². The lowest BCUT2D eigenvalue weighted by atomic mass is 10.1. The molecule has 30 heavy (non-hydrogen) atoms. The van der Waals surface area contributed by atoms with Crippen molar-refractivity contribution in [1.29, 1.82) is 0 Å². The highest BCUT2D eigenvalue weighted by Crippen LogP contribution is 2.17. The number of nitrogens with one attached hydrogen (secondary N) is 2. The largest absolute Gasteiger partial charge is 0.450 e. The number of carbonyl (C=O) groups is 2. The van der Waals surface area contributed by atoms with E-state index in [1.165, 1.54) is 4.90 Å². The van der Waals surface area contributed by atoms with Gasteiger partial charge in [0.15, 0.2) is 5.96 Å². The molecule has 9 heteroatoms. The molecule has 8 nitrogen and oxygen atoms in total. The molecule has 1 aliphatic heterocycles. The van der Waals surface area contributed by atoms with Crippen LogP contribution < -0.4 is 10.6 Å². The molecule has 1 fully saturated rings. The first kappa shape index (κ1) is 23.8. The second kappa shape index (κ2) is 11.6. The first-order valence-electron chi connectivity index (χ1n) is 10.2. The fourth-order valence-electron chi connectivity index (χ4n) is 3.06. The predicted molar refractivity (Wildman–Crippen MR) is 119 cm³/mol. The molecule has 0 spiro atoms. The monoisotopic (exact) mass is 437 g/mol. The number of nitrogens with zero attached hydrogens (tertiary/aromatic N) is 3. The van der Waals surface area contributed by atoms with Crippen LogP contribution in [-0.2, 0) is 16.1 Å². The average molecular weight is 438 g/mol. The van der Waals surface area contributed by atoms with Gasteiger partial charge < -0.3 is 25.2 Å². The van der Waals surface area contributed by atoms with Crippen molar-refractivity contribution in [3.63, 3.8) is 0 Å². The SMILES string of the molecule is CCOC(=O)N1CCC(NC(=NCc2ccc(Cl)c(C)c2)NCC(=O)N(C)C)CC1. The van der Waals surface area contributed by atoms with Crippen LogP contribution in [0.4, 0.5) is 4.79 Å². The number of hydrogen-bond donors (Lipinski definition) is 2. The number of ether oxygens (including phenoxy) is 1. The van der Waals surface area contributed by atoms with Crippen LogP contribution in [0, 0.1) is 6.92 Å². The zero-order valence-electron chi connectivity index (χ0n) is 18.2. The predicted octanol–water partition coefficient (Wildman–Crippen LogP) is 2.39. The number of amides is 2. The molecule has 1 aliphatic rings. The van der Waals surface area contributed by atoms with Gasteiger partial charge in [-0.1, -0.05) is 23.7 Å². The molecule has 1 heterocycles. The van der Waals surface area contributed by atoms with E-state index < -0.39 is 0 Å². The Balaban J connectivity index is 1.99. The summed E-state index contributed by atoms with van der Waals surface area (Å²) >= 11 is 6.10. The van der Waals surface area contributed by atoms with Crippen molar-refractivity contribution in [2.75, 3.05) is 40.3 Å². The van der Waals surface area contributed by atoms with E-state index in [-0.39, 0.29) is 24.6 Å². The first-order valence-corrected chi connectivity index (χ1v) is 10.6. The highest BCUT2D eigenvalue weighted by molar-refractivity contribution is 6.31. The maximum Gasteiger partial charge on any atom is 0.409 e. The summed E-state index contributed by atoms with van der Waals surface area (Å²) < 4.78 is 5.07. The van der Waals surface area contributed by atoms with Gasteiger partial charge in [-0.3, -0.25) is 4.79 Å². The number of rotatable bonds is 6. The zero-order valence-corrected chi connectivity index (χ0v) is 19.0. The Morgan fingerprint density at radius 1 is 1.30 bits per heavy atom.